The van der Waals surface area contributed by atoms with Crippen LogP contribution in [-0.4, -0.2) is 60.2 Å². The van der Waals surface area contributed by atoms with E-state index in [9.17, 15) is 4.79 Å². The van der Waals surface area contributed by atoms with Gasteiger partial charge in [-0.2, -0.15) is 0 Å². The molecule has 34 heavy (non-hydrogen) atoms. The van der Waals surface area contributed by atoms with Crippen LogP contribution in [0.4, 0.5) is 5.69 Å². The average Bonchev–Trinajstić information content (AvgIpc) is 3.34. The summed E-state index contributed by atoms with van der Waals surface area (Å²) >= 11 is 1.34. The number of nitrogen functional groups attached to an aromatic ring is 1. The van der Waals surface area contributed by atoms with Gasteiger partial charge in [0.05, 0.1) is 18.3 Å². The van der Waals surface area contributed by atoms with Crippen LogP contribution in [0.15, 0.2) is 30.3 Å². The first-order valence-electron chi connectivity index (χ1n) is 11.9. The van der Waals surface area contributed by atoms with Crippen molar-refractivity contribution in [3.8, 4) is 5.75 Å². The normalized spacial score (nSPS) is 29.7. The summed E-state index contributed by atoms with van der Waals surface area (Å²) in [4.78, 5) is 21.4. The second-order valence-corrected chi connectivity index (χ2v) is 10.8. The van der Waals surface area contributed by atoms with E-state index in [0.717, 1.165) is 59.8 Å². The van der Waals surface area contributed by atoms with E-state index in [2.05, 4.69) is 38.7 Å². The number of carbonyl (C=O) groups is 1. The van der Waals surface area contributed by atoms with Crippen molar-refractivity contribution < 1.29 is 14.3 Å². The molecule has 7 rings (SSSR count). The Balaban J connectivity index is 1.08. The van der Waals surface area contributed by atoms with E-state index in [0.29, 0.717) is 29.3 Å². The molecule has 4 N–H and O–H groups in total. The van der Waals surface area contributed by atoms with Gasteiger partial charge >= 0.3 is 0 Å². The summed E-state index contributed by atoms with van der Waals surface area (Å²) in [6.45, 7) is 5.15. The third kappa shape index (κ3) is 2.94. The zero-order valence-electron chi connectivity index (χ0n) is 19.0. The Kier molecular flexibility index (Phi) is 4.48. The number of hydrogen-bond donors (Lipinski definition) is 3. The highest BCUT2D eigenvalue weighted by atomic mass is 32.1. The monoisotopic (exact) mass is 477 g/mol. The lowest BCUT2D eigenvalue weighted by molar-refractivity contribution is -0.203. The molecule has 3 saturated heterocycles. The number of aryl methyl sites for hydroxylation is 1. The first-order chi connectivity index (χ1) is 16.5. The van der Waals surface area contributed by atoms with E-state index in [-0.39, 0.29) is 17.7 Å². The maximum Gasteiger partial charge on any atom is 0.263 e. The Labute approximate surface area is 201 Å². The van der Waals surface area contributed by atoms with Gasteiger partial charge in [-0.3, -0.25) is 9.69 Å². The fourth-order valence-corrected chi connectivity index (χ4v) is 7.10. The van der Waals surface area contributed by atoms with E-state index >= 15 is 0 Å². The smallest absolute Gasteiger partial charge is 0.263 e. The predicted octanol–water partition coefficient (Wildman–Crippen LogP) is 2.15. The van der Waals surface area contributed by atoms with Gasteiger partial charge in [0.1, 0.15) is 27.8 Å². The van der Waals surface area contributed by atoms with Gasteiger partial charge in [0.15, 0.2) is 0 Å². The molecule has 3 aromatic rings. The summed E-state index contributed by atoms with van der Waals surface area (Å²) in [6, 6.07) is 11.2. The minimum absolute atomic E-state index is 0.114. The predicted molar refractivity (Wildman–Crippen MR) is 130 cm³/mol. The van der Waals surface area contributed by atoms with Crippen LogP contribution in [0.2, 0.25) is 0 Å². The molecule has 0 radical (unpaired) electrons. The van der Waals surface area contributed by atoms with Gasteiger partial charge < -0.3 is 25.8 Å². The number of hydrogen-bond acceptors (Lipinski definition) is 8. The molecule has 4 aliphatic heterocycles. The van der Waals surface area contributed by atoms with Crippen LogP contribution in [-0.2, 0) is 16.9 Å². The minimum Gasteiger partial charge on any atom is -0.491 e. The number of piperazine rings is 1. The molecule has 0 bridgehead atoms. The van der Waals surface area contributed by atoms with E-state index in [1.165, 1.54) is 16.9 Å². The number of rotatable bonds is 3. The number of aromatic nitrogens is 1. The van der Waals surface area contributed by atoms with Crippen molar-refractivity contribution >= 4 is 33.1 Å². The lowest BCUT2D eigenvalue weighted by Crippen LogP contribution is -2.70. The van der Waals surface area contributed by atoms with Crippen LogP contribution in [0, 0.1) is 6.92 Å². The molecule has 0 spiro atoms. The summed E-state index contributed by atoms with van der Waals surface area (Å²) in [5, 5.41) is 7.46. The van der Waals surface area contributed by atoms with Crippen molar-refractivity contribution in [1.82, 2.24) is 20.5 Å². The summed E-state index contributed by atoms with van der Waals surface area (Å²) in [6.07, 6.45) is 1.73. The molecule has 3 unspecified atom stereocenters. The first kappa shape index (κ1) is 20.6. The van der Waals surface area contributed by atoms with Crippen LogP contribution in [0.1, 0.15) is 32.9 Å². The summed E-state index contributed by atoms with van der Waals surface area (Å²) < 4.78 is 12.5. The number of nitrogens with two attached hydrogens (primary N) is 1. The lowest BCUT2D eigenvalue weighted by Gasteiger charge is -2.57. The zero-order valence-corrected chi connectivity index (χ0v) is 19.8. The van der Waals surface area contributed by atoms with Crippen molar-refractivity contribution in [2.75, 3.05) is 32.0 Å². The standard InChI is InChI=1S/C25H27N5O3S/c1-13-2-5-19-21(26)22(34-24(19)28-13)23(31)29-16-6-14-3-4-15(7-20(14)32-11-16)25-8-17-9-27-10-18(12-33-25)30(17)25/h2-5,7,16-18,27H,6,8-12,26H2,1H3,(H,29,31)/t16-,17?,18?,25?/m1/s1. The Bertz CT molecular complexity index is 1330. The molecule has 9 heteroatoms. The van der Waals surface area contributed by atoms with Gasteiger partial charge in [-0.25, -0.2) is 4.98 Å². The fraction of sp³-hybridized carbons (Fsp3) is 0.440. The van der Waals surface area contributed by atoms with Gasteiger partial charge in [0, 0.05) is 48.2 Å². The summed E-state index contributed by atoms with van der Waals surface area (Å²) in [7, 11) is 0. The number of fused-ring (bicyclic) bond motifs is 2. The molecular weight excluding hydrogens is 450 g/mol. The van der Waals surface area contributed by atoms with Crippen molar-refractivity contribution in [1.29, 1.82) is 0 Å². The first-order valence-corrected chi connectivity index (χ1v) is 12.7. The Morgan fingerprint density at radius 3 is 3.06 bits per heavy atom. The largest absolute Gasteiger partial charge is 0.491 e. The third-order valence-electron chi connectivity index (χ3n) is 7.69. The van der Waals surface area contributed by atoms with E-state index in [1.54, 1.807) is 0 Å². The van der Waals surface area contributed by atoms with Crippen molar-refractivity contribution in [2.45, 2.75) is 43.6 Å². The molecule has 0 aliphatic carbocycles. The molecule has 176 valence electrons. The molecule has 1 amide bonds. The van der Waals surface area contributed by atoms with Gasteiger partial charge in [0.25, 0.3) is 5.91 Å². The average molecular weight is 478 g/mol. The number of carbonyl (C=O) groups excluding carboxylic acids is 1. The molecular formula is C25H27N5O3S. The number of anilines is 1. The quantitative estimate of drug-likeness (QED) is 0.531. The number of nitrogens with one attached hydrogen (secondary N) is 2. The van der Waals surface area contributed by atoms with Gasteiger partial charge in [0.2, 0.25) is 0 Å². The van der Waals surface area contributed by atoms with E-state index in [1.807, 2.05) is 19.1 Å². The minimum atomic E-state index is -0.300. The highest BCUT2D eigenvalue weighted by Gasteiger charge is 2.61. The molecule has 1 aromatic carbocycles. The van der Waals surface area contributed by atoms with Crippen LogP contribution >= 0.6 is 11.3 Å². The van der Waals surface area contributed by atoms with Gasteiger partial charge in [-0.15, -0.1) is 11.3 Å². The highest BCUT2D eigenvalue weighted by molar-refractivity contribution is 7.21. The molecule has 8 nitrogen and oxygen atoms in total. The Hall–Kier alpha value is -2.72. The molecule has 4 aliphatic rings. The van der Waals surface area contributed by atoms with E-state index < -0.39 is 0 Å². The van der Waals surface area contributed by atoms with Crippen LogP contribution in [0.25, 0.3) is 10.2 Å². The third-order valence-corrected chi connectivity index (χ3v) is 8.80. The number of ether oxygens (including phenoxy) is 2. The van der Waals surface area contributed by atoms with E-state index in [4.69, 9.17) is 15.2 Å². The number of thiophene rings is 1. The Morgan fingerprint density at radius 1 is 1.26 bits per heavy atom. The number of nitrogens with zero attached hydrogens (tertiary/aromatic N) is 2. The number of amides is 1. The fourth-order valence-electron chi connectivity index (χ4n) is 6.06. The maximum absolute atomic E-state index is 13.0. The molecule has 0 saturated carbocycles. The molecule has 3 fully saturated rings. The molecule has 4 atom stereocenters. The highest BCUT2D eigenvalue weighted by Crippen LogP contribution is 2.53. The summed E-state index contributed by atoms with van der Waals surface area (Å²) in [5.41, 5.74) is 9.65. The Morgan fingerprint density at radius 2 is 2.15 bits per heavy atom. The van der Waals surface area contributed by atoms with Crippen LogP contribution in [0.5, 0.6) is 5.75 Å². The van der Waals surface area contributed by atoms with Crippen LogP contribution in [0.3, 0.4) is 0 Å². The van der Waals surface area contributed by atoms with Crippen LogP contribution < -0.4 is 21.1 Å². The van der Waals surface area contributed by atoms with Crippen molar-refractivity contribution in [3.63, 3.8) is 0 Å². The second-order valence-electron chi connectivity index (χ2n) is 9.83. The number of pyridine rings is 1. The lowest BCUT2D eigenvalue weighted by atomic mass is 9.80. The molecule has 2 aromatic heterocycles. The molecule has 6 heterocycles. The van der Waals surface area contributed by atoms with Gasteiger partial charge in [-0.1, -0.05) is 12.1 Å². The number of benzene rings is 1. The van der Waals surface area contributed by atoms with Crippen molar-refractivity contribution in [3.05, 3.63) is 52.0 Å². The van der Waals surface area contributed by atoms with Crippen molar-refractivity contribution in [2.24, 2.45) is 0 Å². The second kappa shape index (κ2) is 7.39. The maximum atomic E-state index is 13.0. The SMILES string of the molecule is Cc1ccc2c(N)c(C(=O)N[C@H]3COc4cc(C56CC7CNCC(CO5)N76)ccc4C3)sc2n1. The zero-order chi connectivity index (χ0) is 23.0. The topological polar surface area (TPSA) is 102 Å². The van der Waals surface area contributed by atoms with Gasteiger partial charge in [-0.05, 0) is 37.1 Å². The summed E-state index contributed by atoms with van der Waals surface area (Å²) in [5.74, 6) is 0.722.